The molecule has 1 aromatic heterocycles. The van der Waals surface area contributed by atoms with E-state index in [1.165, 1.54) is 77.6 Å². The van der Waals surface area contributed by atoms with Crippen LogP contribution in [0.3, 0.4) is 0 Å². The first-order valence-corrected chi connectivity index (χ1v) is 14.4. The smallest absolute Gasteiger partial charge is 0.0543 e. The molecule has 40 heavy (non-hydrogen) atoms. The highest BCUT2D eigenvalue weighted by Crippen LogP contribution is 2.49. The van der Waals surface area contributed by atoms with Gasteiger partial charge in [-0.15, -0.1) is 0 Å². The van der Waals surface area contributed by atoms with Gasteiger partial charge in [0.1, 0.15) is 0 Å². The van der Waals surface area contributed by atoms with E-state index in [4.69, 9.17) is 0 Å². The fourth-order valence-electron chi connectivity index (χ4n) is 7.67. The van der Waals surface area contributed by atoms with Gasteiger partial charge in [-0.25, -0.2) is 0 Å². The van der Waals surface area contributed by atoms with Gasteiger partial charge in [0.05, 0.1) is 16.7 Å². The van der Waals surface area contributed by atoms with Crippen LogP contribution in [0.5, 0.6) is 0 Å². The van der Waals surface area contributed by atoms with Gasteiger partial charge < -0.3 is 4.57 Å². The number of nitrogens with zero attached hydrogens (tertiary/aromatic N) is 1. The first kappa shape index (κ1) is 22.2. The first-order chi connectivity index (χ1) is 19.7. The number of hydrogen-bond donors (Lipinski definition) is 0. The van der Waals surface area contributed by atoms with Gasteiger partial charge in [-0.1, -0.05) is 104 Å². The Bertz CT molecular complexity index is 2050. The number of hydrogen-bond acceptors (Lipinski definition) is 0. The Morgan fingerprint density at radius 2 is 1.32 bits per heavy atom. The summed E-state index contributed by atoms with van der Waals surface area (Å²) in [4.78, 5) is 0. The Hall–Kier alpha value is -4.62. The predicted octanol–water partition coefficient (Wildman–Crippen LogP) is 9.58. The lowest BCUT2D eigenvalue weighted by atomic mass is 9.73. The molecule has 0 saturated heterocycles. The molecule has 0 radical (unpaired) electrons. The fourth-order valence-corrected chi connectivity index (χ4v) is 7.67. The summed E-state index contributed by atoms with van der Waals surface area (Å²) in [5.41, 5.74) is 16.7. The van der Waals surface area contributed by atoms with Crippen LogP contribution in [0, 0.1) is 0 Å². The van der Waals surface area contributed by atoms with E-state index in [1.807, 2.05) is 0 Å². The lowest BCUT2D eigenvalue weighted by Crippen LogP contribution is -2.21. The van der Waals surface area contributed by atoms with Crippen LogP contribution in [0.2, 0.25) is 0 Å². The summed E-state index contributed by atoms with van der Waals surface area (Å²) >= 11 is 0. The Morgan fingerprint density at radius 1 is 0.625 bits per heavy atom. The molecular weight excluding hydrogens is 482 g/mol. The van der Waals surface area contributed by atoms with E-state index in [0.717, 1.165) is 19.3 Å². The van der Waals surface area contributed by atoms with Crippen LogP contribution in [-0.2, 0) is 18.3 Å². The average molecular weight is 512 g/mol. The highest BCUT2D eigenvalue weighted by molar-refractivity contribution is 6.10. The molecule has 0 spiro atoms. The zero-order valence-electron chi connectivity index (χ0n) is 22.6. The quantitative estimate of drug-likeness (QED) is 0.218. The van der Waals surface area contributed by atoms with E-state index in [-0.39, 0.29) is 5.41 Å². The maximum atomic E-state index is 2.58. The van der Waals surface area contributed by atoms with E-state index in [9.17, 15) is 0 Å². The zero-order valence-corrected chi connectivity index (χ0v) is 22.6. The molecule has 1 unspecified atom stereocenters. The van der Waals surface area contributed by atoms with E-state index in [0.29, 0.717) is 0 Å². The molecule has 6 aromatic rings. The maximum absolute atomic E-state index is 2.58. The average Bonchev–Trinajstić information content (AvgIpc) is 3.65. The van der Waals surface area contributed by atoms with E-state index >= 15 is 0 Å². The third kappa shape index (κ3) is 2.98. The maximum Gasteiger partial charge on any atom is 0.0543 e. The van der Waals surface area contributed by atoms with Crippen molar-refractivity contribution in [1.29, 1.82) is 0 Å². The number of allylic oxidation sites excluding steroid dienone is 4. The standard InChI is InChI=1S/C39H29N/c1-39(29-18-17-26-21-25-9-2-3-11-30(25)34(26)23-29)20-19-31-28(24-39)22-27-10-8-16-37(38(27)31)40-35-14-6-4-12-32(35)33-13-5-7-15-36(33)40/h2-19,23-24H,20-22H2,1H3. The molecule has 0 N–H and O–H groups in total. The van der Waals surface area contributed by atoms with E-state index in [2.05, 4.69) is 133 Å². The van der Waals surface area contributed by atoms with Gasteiger partial charge in [-0.3, -0.25) is 0 Å². The number of rotatable bonds is 2. The number of para-hydroxylation sites is 2. The summed E-state index contributed by atoms with van der Waals surface area (Å²) in [7, 11) is 0. The van der Waals surface area contributed by atoms with Gasteiger partial charge in [0.15, 0.2) is 0 Å². The predicted molar refractivity (Wildman–Crippen MR) is 167 cm³/mol. The Morgan fingerprint density at radius 3 is 2.15 bits per heavy atom. The fraction of sp³-hybridized carbons (Fsp3) is 0.128. The first-order valence-electron chi connectivity index (χ1n) is 14.4. The lowest BCUT2D eigenvalue weighted by Gasteiger charge is -2.31. The second-order valence-corrected chi connectivity index (χ2v) is 12.0. The highest BCUT2D eigenvalue weighted by atomic mass is 15.0. The van der Waals surface area contributed by atoms with Crippen molar-refractivity contribution >= 4 is 27.4 Å². The second kappa shape index (κ2) is 7.96. The highest BCUT2D eigenvalue weighted by Gasteiger charge is 2.35. The van der Waals surface area contributed by atoms with Crippen molar-refractivity contribution < 1.29 is 0 Å². The normalized spacial score (nSPS) is 18.7. The minimum absolute atomic E-state index is 0.0134. The van der Waals surface area contributed by atoms with Crippen molar-refractivity contribution in [3.8, 4) is 16.8 Å². The minimum Gasteiger partial charge on any atom is -0.309 e. The molecule has 3 aliphatic rings. The van der Waals surface area contributed by atoms with Crippen LogP contribution in [0.15, 0.2) is 127 Å². The van der Waals surface area contributed by atoms with Gasteiger partial charge in [-0.2, -0.15) is 0 Å². The van der Waals surface area contributed by atoms with E-state index < -0.39 is 0 Å². The number of fused-ring (bicyclic) bond motifs is 9. The third-order valence-corrected chi connectivity index (χ3v) is 9.63. The zero-order chi connectivity index (χ0) is 26.4. The summed E-state index contributed by atoms with van der Waals surface area (Å²) in [6.07, 6.45) is 8.16. The van der Waals surface area contributed by atoms with Crippen LogP contribution in [0.25, 0.3) is 44.2 Å². The van der Waals surface area contributed by atoms with Crippen molar-refractivity contribution in [2.24, 2.45) is 0 Å². The molecule has 9 rings (SSSR count). The lowest BCUT2D eigenvalue weighted by molar-refractivity contribution is 0.596. The van der Waals surface area contributed by atoms with Gasteiger partial charge in [-0.05, 0) is 88.1 Å². The molecule has 5 aromatic carbocycles. The summed E-state index contributed by atoms with van der Waals surface area (Å²) in [6, 6.07) is 40.7. The molecule has 0 aliphatic heterocycles. The van der Waals surface area contributed by atoms with Gasteiger partial charge in [0, 0.05) is 21.8 Å². The van der Waals surface area contributed by atoms with Crippen molar-refractivity contribution in [3.05, 3.63) is 155 Å². The molecule has 0 bridgehead atoms. The number of benzene rings is 5. The van der Waals surface area contributed by atoms with Gasteiger partial charge >= 0.3 is 0 Å². The third-order valence-electron chi connectivity index (χ3n) is 9.63. The number of aromatic nitrogens is 1. The molecule has 1 nitrogen and oxygen atoms in total. The summed E-state index contributed by atoms with van der Waals surface area (Å²) in [5, 5.41) is 2.63. The molecule has 1 atom stereocenters. The molecule has 1 heteroatoms. The minimum atomic E-state index is -0.0134. The molecule has 190 valence electrons. The SMILES string of the molecule is CC1(c2ccc3c(c2)-c2ccccc2C3)C=C2Cc3cccc(-n4c5ccccc5c5ccccc54)c3C2=CC1. The van der Waals surface area contributed by atoms with Crippen molar-refractivity contribution in [2.75, 3.05) is 0 Å². The van der Waals surface area contributed by atoms with Crippen LogP contribution in [0.4, 0.5) is 0 Å². The van der Waals surface area contributed by atoms with E-state index in [1.54, 1.807) is 0 Å². The van der Waals surface area contributed by atoms with Crippen LogP contribution in [0.1, 0.15) is 41.2 Å². The molecule has 0 fully saturated rings. The molecule has 0 amide bonds. The van der Waals surface area contributed by atoms with Crippen LogP contribution in [-0.4, -0.2) is 4.57 Å². The monoisotopic (exact) mass is 511 g/mol. The molecular formula is C39H29N. The largest absolute Gasteiger partial charge is 0.309 e. The Kier molecular flexibility index (Phi) is 4.42. The summed E-state index contributed by atoms with van der Waals surface area (Å²) in [5.74, 6) is 0. The topological polar surface area (TPSA) is 4.93 Å². The van der Waals surface area contributed by atoms with Crippen molar-refractivity contribution in [2.45, 2.75) is 31.6 Å². The second-order valence-electron chi connectivity index (χ2n) is 12.0. The Balaban J connectivity index is 1.17. The summed E-state index contributed by atoms with van der Waals surface area (Å²) in [6.45, 7) is 2.42. The summed E-state index contributed by atoms with van der Waals surface area (Å²) < 4.78 is 2.49. The molecule has 1 heterocycles. The van der Waals surface area contributed by atoms with Crippen molar-refractivity contribution in [3.63, 3.8) is 0 Å². The molecule has 0 saturated carbocycles. The van der Waals surface area contributed by atoms with Gasteiger partial charge in [0.2, 0.25) is 0 Å². The van der Waals surface area contributed by atoms with Crippen LogP contribution < -0.4 is 0 Å². The van der Waals surface area contributed by atoms with Gasteiger partial charge in [0.25, 0.3) is 0 Å². The van der Waals surface area contributed by atoms with Crippen molar-refractivity contribution in [1.82, 2.24) is 4.57 Å². The van der Waals surface area contributed by atoms with Crippen LogP contribution >= 0.6 is 0 Å². The Labute approximate surface area is 234 Å². The molecule has 3 aliphatic carbocycles.